The van der Waals surface area contributed by atoms with E-state index in [0.717, 1.165) is 9.87 Å². The van der Waals surface area contributed by atoms with Crippen molar-refractivity contribution in [2.75, 3.05) is 24.5 Å². The molecule has 0 spiro atoms. The summed E-state index contributed by atoms with van der Waals surface area (Å²) >= 11 is 3.38. The zero-order valence-corrected chi connectivity index (χ0v) is 23.3. The van der Waals surface area contributed by atoms with E-state index in [4.69, 9.17) is 4.74 Å². The largest absolute Gasteiger partial charge is 0.497 e. The van der Waals surface area contributed by atoms with Gasteiger partial charge in [0.25, 0.3) is 10.0 Å². The van der Waals surface area contributed by atoms with Crippen LogP contribution in [0, 0.1) is 0 Å². The Hall–Kier alpha value is -3.37. The molecule has 8 nitrogen and oxygen atoms in total. The van der Waals surface area contributed by atoms with Crippen molar-refractivity contribution < 1.29 is 22.7 Å². The fourth-order valence-electron chi connectivity index (χ4n) is 3.71. The maximum atomic E-state index is 13.8. The van der Waals surface area contributed by atoms with Crippen LogP contribution in [0.3, 0.4) is 0 Å². The number of nitrogens with one attached hydrogen (secondary N) is 1. The zero-order valence-electron chi connectivity index (χ0n) is 20.9. The van der Waals surface area contributed by atoms with E-state index in [9.17, 15) is 18.0 Å². The van der Waals surface area contributed by atoms with Crippen molar-refractivity contribution in [3.63, 3.8) is 0 Å². The second-order valence-corrected chi connectivity index (χ2v) is 11.0. The van der Waals surface area contributed by atoms with Gasteiger partial charge in [-0.3, -0.25) is 13.9 Å². The highest BCUT2D eigenvalue weighted by Crippen LogP contribution is 2.27. The van der Waals surface area contributed by atoms with Gasteiger partial charge in [-0.25, -0.2) is 8.42 Å². The number of benzene rings is 3. The molecule has 1 N–H and O–H groups in total. The summed E-state index contributed by atoms with van der Waals surface area (Å²) in [5.74, 6) is -0.188. The van der Waals surface area contributed by atoms with Gasteiger partial charge in [-0.05, 0) is 61.9 Å². The second kappa shape index (κ2) is 12.7. The molecule has 0 heterocycles. The standard InChI is InChI=1S/C27H30BrN3O5S/c1-4-29-27(33)20(2)30(18-21-13-15-24(36-3)16-14-21)26(32)19-31(23-10-8-9-22(28)17-23)37(34,35)25-11-6-5-7-12-25/h5-17,20H,4,18-19H2,1-3H3,(H,29,33)/t20-/m0/s1. The van der Waals surface area contributed by atoms with Gasteiger partial charge in [0.1, 0.15) is 18.3 Å². The van der Waals surface area contributed by atoms with Gasteiger partial charge in [0.05, 0.1) is 17.7 Å². The number of sulfonamides is 1. The molecule has 3 aromatic carbocycles. The molecule has 3 rings (SSSR count). The maximum Gasteiger partial charge on any atom is 0.264 e. The van der Waals surface area contributed by atoms with Gasteiger partial charge in [-0.15, -0.1) is 0 Å². The molecule has 2 amide bonds. The fourth-order valence-corrected chi connectivity index (χ4v) is 5.53. The Morgan fingerprint density at radius 3 is 2.27 bits per heavy atom. The fraction of sp³-hybridized carbons (Fsp3) is 0.259. The maximum absolute atomic E-state index is 13.8. The van der Waals surface area contributed by atoms with Crippen molar-refractivity contribution in [3.8, 4) is 5.75 Å². The number of carbonyl (C=O) groups excluding carboxylic acids is 2. The van der Waals surface area contributed by atoms with Crippen molar-refractivity contribution in [3.05, 3.63) is 88.9 Å². The van der Waals surface area contributed by atoms with Crippen LogP contribution in [-0.4, -0.2) is 51.4 Å². The summed E-state index contributed by atoms with van der Waals surface area (Å²) in [4.78, 5) is 28.0. The van der Waals surface area contributed by atoms with Crippen molar-refractivity contribution in [2.45, 2.75) is 31.3 Å². The SMILES string of the molecule is CCNC(=O)[C@H](C)N(Cc1ccc(OC)cc1)C(=O)CN(c1cccc(Br)c1)S(=O)(=O)c1ccccc1. The zero-order chi connectivity index (χ0) is 27.0. The molecule has 10 heteroatoms. The molecule has 0 aromatic heterocycles. The molecule has 0 bridgehead atoms. The lowest BCUT2D eigenvalue weighted by Crippen LogP contribution is -2.51. The number of likely N-dealkylation sites (N-methyl/N-ethyl adjacent to an activating group) is 1. The lowest BCUT2D eigenvalue weighted by atomic mass is 10.1. The van der Waals surface area contributed by atoms with Crippen LogP contribution in [0.25, 0.3) is 0 Å². The highest BCUT2D eigenvalue weighted by atomic mass is 79.9. The van der Waals surface area contributed by atoms with Gasteiger partial charge in [0.2, 0.25) is 11.8 Å². The van der Waals surface area contributed by atoms with E-state index < -0.39 is 28.5 Å². The average Bonchev–Trinajstić information content (AvgIpc) is 2.90. The molecule has 37 heavy (non-hydrogen) atoms. The first-order chi connectivity index (χ1) is 17.7. The summed E-state index contributed by atoms with van der Waals surface area (Å²) in [5, 5.41) is 2.74. The smallest absolute Gasteiger partial charge is 0.264 e. The molecule has 0 saturated heterocycles. The summed E-state index contributed by atoms with van der Waals surface area (Å²) in [6.07, 6.45) is 0. The van der Waals surface area contributed by atoms with E-state index in [1.54, 1.807) is 87.7 Å². The molecule has 0 aliphatic heterocycles. The minimum absolute atomic E-state index is 0.0567. The third-order valence-electron chi connectivity index (χ3n) is 5.74. The van der Waals surface area contributed by atoms with Crippen LogP contribution >= 0.6 is 15.9 Å². The van der Waals surface area contributed by atoms with E-state index in [1.165, 1.54) is 17.0 Å². The lowest BCUT2D eigenvalue weighted by molar-refractivity contribution is -0.139. The molecule has 196 valence electrons. The number of methoxy groups -OCH3 is 1. The highest BCUT2D eigenvalue weighted by Gasteiger charge is 2.32. The van der Waals surface area contributed by atoms with Crippen LogP contribution in [0.4, 0.5) is 5.69 Å². The Balaban J connectivity index is 2.00. The minimum Gasteiger partial charge on any atom is -0.497 e. The van der Waals surface area contributed by atoms with Crippen LogP contribution in [0.2, 0.25) is 0 Å². The molecule has 0 aliphatic carbocycles. The Bertz CT molecular complexity index is 1320. The lowest BCUT2D eigenvalue weighted by Gasteiger charge is -2.32. The molecule has 1 atom stereocenters. The quantitative estimate of drug-likeness (QED) is 0.362. The summed E-state index contributed by atoms with van der Waals surface area (Å²) in [5.41, 5.74) is 1.09. The number of nitrogens with zero attached hydrogens (tertiary/aromatic N) is 2. The average molecular weight is 589 g/mol. The molecule has 0 aliphatic rings. The van der Waals surface area contributed by atoms with Crippen molar-refractivity contribution >= 4 is 43.5 Å². The summed E-state index contributed by atoms with van der Waals surface area (Å²) in [7, 11) is -2.53. The van der Waals surface area contributed by atoms with Gasteiger partial charge in [0.15, 0.2) is 0 Å². The van der Waals surface area contributed by atoms with E-state index in [0.29, 0.717) is 22.5 Å². The summed E-state index contributed by atoms with van der Waals surface area (Å²) in [6, 6.07) is 21.0. The first-order valence-corrected chi connectivity index (χ1v) is 13.9. The van der Waals surface area contributed by atoms with Gasteiger partial charge in [-0.1, -0.05) is 52.3 Å². The van der Waals surface area contributed by atoms with Gasteiger partial charge in [0, 0.05) is 17.6 Å². The van der Waals surface area contributed by atoms with Gasteiger partial charge < -0.3 is 15.0 Å². The monoisotopic (exact) mass is 587 g/mol. The van der Waals surface area contributed by atoms with Crippen LogP contribution < -0.4 is 14.4 Å². The Kier molecular flexibility index (Phi) is 9.71. The van der Waals surface area contributed by atoms with Crippen molar-refractivity contribution in [1.82, 2.24) is 10.2 Å². The molecule has 0 fully saturated rings. The van der Waals surface area contributed by atoms with E-state index in [-0.39, 0.29) is 17.3 Å². The Morgan fingerprint density at radius 1 is 1.00 bits per heavy atom. The Morgan fingerprint density at radius 2 is 1.68 bits per heavy atom. The number of hydrogen-bond acceptors (Lipinski definition) is 5. The molecule has 0 saturated carbocycles. The van der Waals surface area contributed by atoms with E-state index in [2.05, 4.69) is 21.2 Å². The first-order valence-electron chi connectivity index (χ1n) is 11.7. The third-order valence-corrected chi connectivity index (χ3v) is 8.02. The number of carbonyl (C=O) groups is 2. The number of amides is 2. The predicted molar refractivity (Wildman–Crippen MR) is 147 cm³/mol. The van der Waals surface area contributed by atoms with Crippen LogP contribution in [-0.2, 0) is 26.2 Å². The normalized spacial score (nSPS) is 11.9. The highest BCUT2D eigenvalue weighted by molar-refractivity contribution is 9.10. The van der Waals surface area contributed by atoms with Crippen LogP contribution in [0.15, 0.2) is 88.2 Å². The summed E-state index contributed by atoms with van der Waals surface area (Å²) < 4.78 is 34.3. The number of anilines is 1. The van der Waals surface area contributed by atoms with E-state index >= 15 is 0 Å². The second-order valence-electron chi connectivity index (χ2n) is 8.24. The van der Waals surface area contributed by atoms with Crippen molar-refractivity contribution in [2.24, 2.45) is 0 Å². The topological polar surface area (TPSA) is 96.0 Å². The molecule has 0 radical (unpaired) electrons. The predicted octanol–water partition coefficient (Wildman–Crippen LogP) is 4.21. The number of halogens is 1. The minimum atomic E-state index is -4.09. The number of hydrogen-bond donors (Lipinski definition) is 1. The van der Waals surface area contributed by atoms with Crippen molar-refractivity contribution in [1.29, 1.82) is 0 Å². The number of ether oxygens (including phenoxy) is 1. The van der Waals surface area contributed by atoms with Gasteiger partial charge >= 0.3 is 0 Å². The summed E-state index contributed by atoms with van der Waals surface area (Å²) in [6.45, 7) is 3.44. The molecule has 0 unspecified atom stereocenters. The Labute approximate surface area is 226 Å². The number of rotatable bonds is 11. The van der Waals surface area contributed by atoms with Crippen LogP contribution in [0.1, 0.15) is 19.4 Å². The molecular formula is C27H30BrN3O5S. The molecule has 3 aromatic rings. The van der Waals surface area contributed by atoms with Crippen LogP contribution in [0.5, 0.6) is 5.75 Å². The van der Waals surface area contributed by atoms with E-state index in [1.807, 2.05) is 0 Å². The first kappa shape index (κ1) is 28.2. The third kappa shape index (κ3) is 7.11. The van der Waals surface area contributed by atoms with Gasteiger partial charge in [-0.2, -0.15) is 0 Å². The molecular weight excluding hydrogens is 558 g/mol.